The molecule has 0 spiro atoms. The number of thiophene rings is 1. The number of urea groups is 1. The van der Waals surface area contributed by atoms with E-state index in [1.807, 2.05) is 10.8 Å². The Kier molecular flexibility index (Phi) is 4.30. The summed E-state index contributed by atoms with van der Waals surface area (Å²) in [7, 11) is 1.57. The van der Waals surface area contributed by atoms with Gasteiger partial charge in [0.2, 0.25) is 0 Å². The molecule has 2 amide bonds. The van der Waals surface area contributed by atoms with Crippen LogP contribution in [-0.4, -0.2) is 35.6 Å². The van der Waals surface area contributed by atoms with Crippen molar-refractivity contribution in [3.63, 3.8) is 0 Å². The van der Waals surface area contributed by atoms with Crippen molar-refractivity contribution in [2.24, 2.45) is 5.92 Å². The third-order valence-electron chi connectivity index (χ3n) is 2.09. The van der Waals surface area contributed by atoms with E-state index in [-0.39, 0.29) is 12.6 Å². The molecule has 0 radical (unpaired) electrons. The molecule has 0 aromatic carbocycles. The maximum absolute atomic E-state index is 11.6. The molecule has 1 unspecified atom stereocenters. The number of hydrogen-bond acceptors (Lipinski definition) is 3. The molecule has 1 aromatic heterocycles. The number of carbonyl (C=O) groups is 2. The van der Waals surface area contributed by atoms with Gasteiger partial charge in [0.05, 0.1) is 11.6 Å². The van der Waals surface area contributed by atoms with Gasteiger partial charge in [-0.2, -0.15) is 11.3 Å². The van der Waals surface area contributed by atoms with Gasteiger partial charge < -0.3 is 15.3 Å². The van der Waals surface area contributed by atoms with E-state index in [0.29, 0.717) is 0 Å². The monoisotopic (exact) mass is 242 g/mol. The summed E-state index contributed by atoms with van der Waals surface area (Å²) >= 11 is 1.48. The second kappa shape index (κ2) is 5.50. The molecule has 0 fully saturated rings. The molecule has 0 bridgehead atoms. The van der Waals surface area contributed by atoms with E-state index in [9.17, 15) is 9.59 Å². The van der Waals surface area contributed by atoms with Crippen LogP contribution in [0.3, 0.4) is 0 Å². The normalized spacial score (nSPS) is 11.9. The molecular formula is C10H14N2O3S. The molecular weight excluding hydrogens is 228 g/mol. The predicted octanol–water partition coefficient (Wildman–Crippen LogP) is 1.93. The predicted molar refractivity (Wildman–Crippen MR) is 62.8 cm³/mol. The van der Waals surface area contributed by atoms with E-state index >= 15 is 0 Å². The van der Waals surface area contributed by atoms with Crippen LogP contribution in [0.25, 0.3) is 0 Å². The highest BCUT2D eigenvalue weighted by molar-refractivity contribution is 7.08. The number of aliphatic carboxylic acids is 1. The fourth-order valence-corrected chi connectivity index (χ4v) is 1.71. The first-order valence-corrected chi connectivity index (χ1v) is 5.72. The topological polar surface area (TPSA) is 69.6 Å². The van der Waals surface area contributed by atoms with Crippen LogP contribution in [0.2, 0.25) is 0 Å². The lowest BCUT2D eigenvalue weighted by Crippen LogP contribution is -2.36. The highest BCUT2D eigenvalue weighted by Crippen LogP contribution is 2.12. The summed E-state index contributed by atoms with van der Waals surface area (Å²) in [6, 6.07) is 1.49. The van der Waals surface area contributed by atoms with Crippen LogP contribution in [0.5, 0.6) is 0 Å². The van der Waals surface area contributed by atoms with E-state index in [1.165, 1.54) is 16.2 Å². The minimum absolute atomic E-state index is 0.186. The second-order valence-electron chi connectivity index (χ2n) is 3.56. The third-order valence-corrected chi connectivity index (χ3v) is 2.77. The Morgan fingerprint density at radius 3 is 2.81 bits per heavy atom. The molecule has 1 heterocycles. The standard InChI is InChI=1S/C10H14N2O3S/c1-7(9(13)14)5-12(2)10(15)11-8-3-4-16-6-8/h3-4,6-7H,5H2,1-2H3,(H,11,15)(H,13,14). The molecule has 1 aromatic rings. The van der Waals surface area contributed by atoms with Crippen molar-refractivity contribution >= 4 is 29.0 Å². The highest BCUT2D eigenvalue weighted by Gasteiger charge is 2.17. The molecule has 1 rings (SSSR count). The van der Waals surface area contributed by atoms with Crippen molar-refractivity contribution in [1.82, 2.24) is 4.90 Å². The van der Waals surface area contributed by atoms with Crippen molar-refractivity contribution in [3.8, 4) is 0 Å². The number of anilines is 1. The van der Waals surface area contributed by atoms with Gasteiger partial charge in [0.1, 0.15) is 0 Å². The van der Waals surface area contributed by atoms with Gasteiger partial charge in [-0.25, -0.2) is 4.79 Å². The highest BCUT2D eigenvalue weighted by atomic mass is 32.1. The molecule has 0 saturated heterocycles. The van der Waals surface area contributed by atoms with Crippen LogP contribution in [-0.2, 0) is 4.79 Å². The molecule has 0 saturated carbocycles. The molecule has 5 nitrogen and oxygen atoms in total. The van der Waals surface area contributed by atoms with E-state index in [2.05, 4.69) is 5.32 Å². The Labute approximate surface area is 97.7 Å². The summed E-state index contributed by atoms with van der Waals surface area (Å²) in [6.07, 6.45) is 0. The molecule has 1 atom stereocenters. The van der Waals surface area contributed by atoms with Crippen molar-refractivity contribution in [2.45, 2.75) is 6.92 Å². The number of carbonyl (C=O) groups excluding carboxylic acids is 1. The van der Waals surface area contributed by atoms with Crippen LogP contribution < -0.4 is 5.32 Å². The number of carboxylic acid groups (broad SMARTS) is 1. The number of nitrogens with zero attached hydrogens (tertiary/aromatic N) is 1. The van der Waals surface area contributed by atoms with Gasteiger partial charge in [-0.3, -0.25) is 4.79 Å². The van der Waals surface area contributed by atoms with Gasteiger partial charge in [-0.1, -0.05) is 6.92 Å². The molecule has 16 heavy (non-hydrogen) atoms. The summed E-state index contributed by atoms with van der Waals surface area (Å²) in [6.45, 7) is 1.75. The Morgan fingerprint density at radius 1 is 1.62 bits per heavy atom. The average molecular weight is 242 g/mol. The van der Waals surface area contributed by atoms with Crippen LogP contribution in [0, 0.1) is 5.92 Å². The molecule has 0 aliphatic carbocycles. The van der Waals surface area contributed by atoms with Gasteiger partial charge in [0.25, 0.3) is 0 Å². The molecule has 0 aliphatic heterocycles. The molecule has 6 heteroatoms. The number of nitrogens with one attached hydrogen (secondary N) is 1. The Balaban J connectivity index is 2.45. The average Bonchev–Trinajstić information content (AvgIpc) is 2.69. The van der Waals surface area contributed by atoms with Crippen molar-refractivity contribution in [2.75, 3.05) is 18.9 Å². The lowest BCUT2D eigenvalue weighted by atomic mass is 10.2. The lowest BCUT2D eigenvalue weighted by Gasteiger charge is -2.19. The second-order valence-corrected chi connectivity index (χ2v) is 4.34. The Morgan fingerprint density at radius 2 is 2.31 bits per heavy atom. The van der Waals surface area contributed by atoms with E-state index in [1.54, 1.807) is 20.0 Å². The Bertz CT molecular complexity index is 364. The largest absolute Gasteiger partial charge is 0.481 e. The van der Waals surface area contributed by atoms with Crippen molar-refractivity contribution < 1.29 is 14.7 Å². The summed E-state index contributed by atoms with van der Waals surface area (Å²) in [5, 5.41) is 15.1. The first kappa shape index (κ1) is 12.5. The number of carboxylic acids is 1. The smallest absolute Gasteiger partial charge is 0.321 e. The number of rotatable bonds is 4. The van der Waals surface area contributed by atoms with Crippen LogP contribution in [0.1, 0.15) is 6.92 Å². The zero-order valence-electron chi connectivity index (χ0n) is 9.14. The lowest BCUT2D eigenvalue weighted by molar-refractivity contribution is -0.141. The van der Waals surface area contributed by atoms with Crippen LogP contribution >= 0.6 is 11.3 Å². The molecule has 88 valence electrons. The van der Waals surface area contributed by atoms with E-state index in [0.717, 1.165) is 5.69 Å². The van der Waals surface area contributed by atoms with Crippen molar-refractivity contribution in [3.05, 3.63) is 16.8 Å². The van der Waals surface area contributed by atoms with Gasteiger partial charge in [-0.15, -0.1) is 0 Å². The van der Waals surface area contributed by atoms with Gasteiger partial charge in [-0.05, 0) is 11.4 Å². The van der Waals surface area contributed by atoms with E-state index < -0.39 is 11.9 Å². The van der Waals surface area contributed by atoms with Gasteiger partial charge >= 0.3 is 12.0 Å². The summed E-state index contributed by atoms with van der Waals surface area (Å²) < 4.78 is 0. The Hall–Kier alpha value is -1.56. The zero-order chi connectivity index (χ0) is 12.1. The third kappa shape index (κ3) is 3.54. The fraction of sp³-hybridized carbons (Fsp3) is 0.400. The first-order chi connectivity index (χ1) is 7.50. The minimum atomic E-state index is -0.907. The summed E-state index contributed by atoms with van der Waals surface area (Å²) in [5.74, 6) is -1.48. The fourth-order valence-electron chi connectivity index (χ4n) is 1.13. The van der Waals surface area contributed by atoms with Crippen LogP contribution in [0.4, 0.5) is 10.5 Å². The quantitative estimate of drug-likeness (QED) is 0.847. The summed E-state index contributed by atoms with van der Waals surface area (Å²) in [5.41, 5.74) is 0.727. The molecule has 2 N–H and O–H groups in total. The minimum Gasteiger partial charge on any atom is -0.481 e. The maximum atomic E-state index is 11.6. The van der Waals surface area contributed by atoms with Gasteiger partial charge in [0, 0.05) is 19.0 Å². The number of amides is 2. The first-order valence-electron chi connectivity index (χ1n) is 4.78. The zero-order valence-corrected chi connectivity index (χ0v) is 9.95. The molecule has 0 aliphatic rings. The van der Waals surface area contributed by atoms with E-state index in [4.69, 9.17) is 5.11 Å². The number of hydrogen-bond donors (Lipinski definition) is 2. The maximum Gasteiger partial charge on any atom is 0.321 e. The summed E-state index contributed by atoms with van der Waals surface area (Å²) in [4.78, 5) is 23.6. The van der Waals surface area contributed by atoms with Crippen molar-refractivity contribution in [1.29, 1.82) is 0 Å². The van der Waals surface area contributed by atoms with Gasteiger partial charge in [0.15, 0.2) is 0 Å². The van der Waals surface area contributed by atoms with Crippen LogP contribution in [0.15, 0.2) is 16.8 Å². The SMILES string of the molecule is CC(CN(C)C(=O)Nc1ccsc1)C(=O)O.